The van der Waals surface area contributed by atoms with Crippen molar-refractivity contribution in [3.05, 3.63) is 16.0 Å². The van der Waals surface area contributed by atoms with Crippen molar-refractivity contribution in [2.75, 3.05) is 7.05 Å². The smallest absolute Gasteiger partial charge is 0.244 e. The zero-order chi connectivity index (χ0) is 10.1. The van der Waals surface area contributed by atoms with Gasteiger partial charge in [0.25, 0.3) is 0 Å². The second kappa shape index (κ2) is 3.88. The first-order chi connectivity index (χ1) is 6.66. The molecule has 1 aliphatic rings. The SMILES string of the molecule is CN(C(=O)Cn1cc(I)cn1)C1CC1. The molecule has 0 radical (unpaired) electrons. The first-order valence-electron chi connectivity index (χ1n) is 4.60. The highest BCUT2D eigenvalue weighted by Gasteiger charge is 2.29. The number of amides is 1. The van der Waals surface area contributed by atoms with Gasteiger partial charge in [0.1, 0.15) is 6.54 Å². The molecule has 0 aromatic carbocycles. The molecule has 1 aromatic heterocycles. The molecule has 2 rings (SSSR count). The molecule has 0 unspecified atom stereocenters. The monoisotopic (exact) mass is 305 g/mol. The minimum absolute atomic E-state index is 0.145. The topological polar surface area (TPSA) is 38.1 Å². The molecule has 1 fully saturated rings. The lowest BCUT2D eigenvalue weighted by Crippen LogP contribution is -2.32. The van der Waals surface area contributed by atoms with Crippen LogP contribution in [0.5, 0.6) is 0 Å². The van der Waals surface area contributed by atoms with Crippen LogP contribution in [-0.2, 0) is 11.3 Å². The van der Waals surface area contributed by atoms with Gasteiger partial charge in [0.15, 0.2) is 0 Å². The summed E-state index contributed by atoms with van der Waals surface area (Å²) >= 11 is 2.18. The van der Waals surface area contributed by atoms with Gasteiger partial charge in [-0.2, -0.15) is 5.10 Å². The Labute approximate surface area is 96.4 Å². The molecule has 1 aromatic rings. The second-order valence-corrected chi connectivity index (χ2v) is 4.84. The van der Waals surface area contributed by atoms with Gasteiger partial charge in [-0.05, 0) is 35.4 Å². The molecular formula is C9H12IN3O. The molecule has 76 valence electrons. The van der Waals surface area contributed by atoms with Crippen molar-refractivity contribution in [3.8, 4) is 0 Å². The summed E-state index contributed by atoms with van der Waals surface area (Å²) in [5.74, 6) is 0.145. The van der Waals surface area contributed by atoms with Gasteiger partial charge in [0.2, 0.25) is 5.91 Å². The van der Waals surface area contributed by atoms with Crippen molar-refractivity contribution in [2.45, 2.75) is 25.4 Å². The molecule has 1 saturated carbocycles. The molecule has 0 aliphatic heterocycles. The van der Waals surface area contributed by atoms with E-state index in [1.165, 1.54) is 0 Å². The van der Waals surface area contributed by atoms with Crippen LogP contribution in [0, 0.1) is 3.57 Å². The Morgan fingerprint density at radius 3 is 3.00 bits per heavy atom. The van der Waals surface area contributed by atoms with E-state index in [-0.39, 0.29) is 5.91 Å². The maximum Gasteiger partial charge on any atom is 0.244 e. The molecule has 1 amide bonds. The van der Waals surface area contributed by atoms with Crippen molar-refractivity contribution >= 4 is 28.5 Å². The molecule has 1 heterocycles. The third-order valence-electron chi connectivity index (χ3n) is 2.39. The summed E-state index contributed by atoms with van der Waals surface area (Å²) in [7, 11) is 1.87. The summed E-state index contributed by atoms with van der Waals surface area (Å²) < 4.78 is 2.74. The van der Waals surface area contributed by atoms with Crippen LogP contribution in [0.4, 0.5) is 0 Å². The number of hydrogen-bond acceptors (Lipinski definition) is 2. The van der Waals surface area contributed by atoms with E-state index < -0.39 is 0 Å². The second-order valence-electron chi connectivity index (χ2n) is 3.59. The van der Waals surface area contributed by atoms with Crippen LogP contribution in [0.15, 0.2) is 12.4 Å². The van der Waals surface area contributed by atoms with E-state index in [1.807, 2.05) is 18.1 Å². The summed E-state index contributed by atoms with van der Waals surface area (Å²) in [6.45, 7) is 0.357. The standard InChI is InChI=1S/C9H12IN3O/c1-12(8-2-3-8)9(14)6-13-5-7(10)4-11-13/h4-5,8H,2-3,6H2,1H3. The van der Waals surface area contributed by atoms with Crippen molar-refractivity contribution < 1.29 is 4.79 Å². The maximum atomic E-state index is 11.7. The summed E-state index contributed by atoms with van der Waals surface area (Å²) in [6.07, 6.45) is 5.93. The third kappa shape index (κ3) is 2.26. The molecule has 0 N–H and O–H groups in total. The Kier molecular flexibility index (Phi) is 2.76. The Balaban J connectivity index is 1.93. The fraction of sp³-hybridized carbons (Fsp3) is 0.556. The summed E-state index contributed by atoms with van der Waals surface area (Å²) in [5.41, 5.74) is 0. The highest BCUT2D eigenvalue weighted by Crippen LogP contribution is 2.25. The van der Waals surface area contributed by atoms with Gasteiger partial charge in [0.05, 0.1) is 9.77 Å². The van der Waals surface area contributed by atoms with Gasteiger partial charge in [0, 0.05) is 19.3 Å². The molecular weight excluding hydrogens is 293 g/mol. The lowest BCUT2D eigenvalue weighted by molar-refractivity contribution is -0.131. The average molecular weight is 305 g/mol. The minimum atomic E-state index is 0.145. The third-order valence-corrected chi connectivity index (χ3v) is 2.94. The molecule has 0 saturated heterocycles. The van der Waals surface area contributed by atoms with E-state index in [9.17, 15) is 4.79 Å². The Hall–Kier alpha value is -0.590. The van der Waals surface area contributed by atoms with E-state index in [1.54, 1.807) is 10.9 Å². The number of carbonyl (C=O) groups excluding carboxylic acids is 1. The number of rotatable bonds is 3. The van der Waals surface area contributed by atoms with Crippen molar-refractivity contribution in [3.63, 3.8) is 0 Å². The lowest BCUT2D eigenvalue weighted by atomic mass is 10.5. The maximum absolute atomic E-state index is 11.7. The van der Waals surface area contributed by atoms with Crippen molar-refractivity contribution in [1.82, 2.24) is 14.7 Å². The fourth-order valence-corrected chi connectivity index (χ4v) is 1.79. The fourth-order valence-electron chi connectivity index (χ4n) is 1.34. The van der Waals surface area contributed by atoms with Crippen LogP contribution in [-0.4, -0.2) is 33.7 Å². The van der Waals surface area contributed by atoms with Gasteiger partial charge >= 0.3 is 0 Å². The van der Waals surface area contributed by atoms with Crippen LogP contribution < -0.4 is 0 Å². The van der Waals surface area contributed by atoms with Crippen LogP contribution >= 0.6 is 22.6 Å². The number of halogens is 1. The highest BCUT2D eigenvalue weighted by atomic mass is 127. The normalized spacial score (nSPS) is 15.6. The van der Waals surface area contributed by atoms with Gasteiger partial charge < -0.3 is 4.90 Å². The van der Waals surface area contributed by atoms with E-state index in [0.29, 0.717) is 12.6 Å². The highest BCUT2D eigenvalue weighted by molar-refractivity contribution is 14.1. The minimum Gasteiger partial charge on any atom is -0.341 e. The predicted molar refractivity (Wildman–Crippen MR) is 60.7 cm³/mol. The van der Waals surface area contributed by atoms with Crippen LogP contribution in [0.25, 0.3) is 0 Å². The van der Waals surface area contributed by atoms with Crippen molar-refractivity contribution in [1.29, 1.82) is 0 Å². The van der Waals surface area contributed by atoms with Crippen molar-refractivity contribution in [2.24, 2.45) is 0 Å². The van der Waals surface area contributed by atoms with Gasteiger partial charge in [-0.25, -0.2) is 0 Å². The zero-order valence-corrected chi connectivity index (χ0v) is 10.1. The first-order valence-corrected chi connectivity index (χ1v) is 5.68. The van der Waals surface area contributed by atoms with E-state index >= 15 is 0 Å². The van der Waals surface area contributed by atoms with E-state index in [2.05, 4.69) is 27.7 Å². The van der Waals surface area contributed by atoms with Crippen LogP contribution in [0.1, 0.15) is 12.8 Å². The molecule has 1 aliphatic carbocycles. The quantitative estimate of drug-likeness (QED) is 0.785. The molecule has 0 spiro atoms. The van der Waals surface area contributed by atoms with Gasteiger partial charge in [-0.3, -0.25) is 9.48 Å². The number of likely N-dealkylation sites (N-methyl/N-ethyl adjacent to an activating group) is 1. The Morgan fingerprint density at radius 1 is 1.79 bits per heavy atom. The predicted octanol–water partition coefficient (Wildman–Crippen LogP) is 1.11. The molecule has 0 bridgehead atoms. The van der Waals surface area contributed by atoms with Gasteiger partial charge in [-0.15, -0.1) is 0 Å². The molecule has 4 nitrogen and oxygen atoms in total. The summed E-state index contributed by atoms with van der Waals surface area (Å²) in [5, 5.41) is 4.08. The van der Waals surface area contributed by atoms with Gasteiger partial charge in [-0.1, -0.05) is 0 Å². The first kappa shape index (κ1) is 9.95. The molecule has 5 heteroatoms. The molecule has 0 atom stereocenters. The largest absolute Gasteiger partial charge is 0.341 e. The Bertz CT molecular complexity index is 346. The number of aromatic nitrogens is 2. The lowest BCUT2D eigenvalue weighted by Gasteiger charge is -2.15. The Morgan fingerprint density at radius 2 is 2.50 bits per heavy atom. The number of carbonyl (C=O) groups is 1. The number of hydrogen-bond donors (Lipinski definition) is 0. The average Bonchev–Trinajstić information content (AvgIpc) is 2.91. The van der Waals surface area contributed by atoms with Crippen LogP contribution in [0.2, 0.25) is 0 Å². The van der Waals surface area contributed by atoms with E-state index in [0.717, 1.165) is 16.4 Å². The zero-order valence-electron chi connectivity index (χ0n) is 7.98. The summed E-state index contributed by atoms with van der Waals surface area (Å²) in [4.78, 5) is 13.5. The summed E-state index contributed by atoms with van der Waals surface area (Å²) in [6, 6.07) is 0.483. The molecule has 14 heavy (non-hydrogen) atoms. The van der Waals surface area contributed by atoms with E-state index in [4.69, 9.17) is 0 Å². The number of nitrogens with zero attached hydrogens (tertiary/aromatic N) is 3. The van der Waals surface area contributed by atoms with Crippen LogP contribution in [0.3, 0.4) is 0 Å².